The number of pyridine rings is 1. The van der Waals surface area contributed by atoms with Crippen LogP contribution in [0.15, 0.2) is 18.3 Å². The van der Waals surface area contributed by atoms with Crippen molar-refractivity contribution >= 4 is 40.8 Å². The second-order valence-electron chi connectivity index (χ2n) is 17.7. The number of carboxylic acid groups (broad SMARTS) is 1. The lowest BCUT2D eigenvalue weighted by Gasteiger charge is -2.69. The highest BCUT2D eigenvalue weighted by Crippen LogP contribution is 2.72. The molecule has 0 radical (unpaired) electrons. The van der Waals surface area contributed by atoms with Gasteiger partial charge >= 0.3 is 5.97 Å². The predicted octanol–water partition coefficient (Wildman–Crippen LogP) is 6.53. The van der Waals surface area contributed by atoms with Gasteiger partial charge in [0.2, 0.25) is 0 Å². The molecule has 4 saturated carbocycles. The maximum Gasteiger partial charge on any atom is 0.355 e. The van der Waals surface area contributed by atoms with Gasteiger partial charge in [0.25, 0.3) is 0 Å². The smallest absolute Gasteiger partial charge is 0.355 e. The standard InChI is InChI=1S/C39H55N9O3S/c1-24(2)41-35(52)43-32-25(3)27-10-9-13-47(33(27)45-44-32)30-12-11-28(31(42-30)34(49)50)29-16-40-48(26(29)4)23-38-18-36(5)17-37(6,19-38)21-39(20-36,22-38)51-15-14-46(7)8/h11-12,16,24H,9-10,13-15,17-23H2,1-8H3,(H,49,50)(H2,41,43,44,52)/t36-,37+,38?,39?. The largest absolute Gasteiger partial charge is 0.476 e. The molecule has 4 fully saturated rings. The number of carbonyl (C=O) groups is 1. The van der Waals surface area contributed by atoms with Crippen molar-refractivity contribution in [2.75, 3.05) is 44.0 Å². The molecule has 3 N–H and O–H groups in total. The van der Waals surface area contributed by atoms with E-state index < -0.39 is 5.97 Å². The van der Waals surface area contributed by atoms with E-state index in [1.807, 2.05) is 44.0 Å². The second-order valence-corrected chi connectivity index (χ2v) is 18.1. The number of hydrogen-bond donors (Lipinski definition) is 3. The zero-order chi connectivity index (χ0) is 37.2. The fraction of sp³-hybridized carbons (Fsp3) is 0.641. The average molecular weight is 730 g/mol. The van der Waals surface area contributed by atoms with Crippen LogP contribution in [-0.2, 0) is 17.7 Å². The van der Waals surface area contributed by atoms with Crippen LogP contribution in [0.4, 0.5) is 17.5 Å². The molecule has 4 bridgehead atoms. The molecule has 280 valence electrons. The highest BCUT2D eigenvalue weighted by Gasteiger charge is 2.66. The van der Waals surface area contributed by atoms with Crippen molar-refractivity contribution in [3.05, 3.63) is 40.8 Å². The molecule has 5 aliphatic rings. The van der Waals surface area contributed by atoms with Crippen molar-refractivity contribution in [3.8, 4) is 11.1 Å². The fourth-order valence-corrected chi connectivity index (χ4v) is 11.4. The molecule has 2 unspecified atom stereocenters. The Labute approximate surface area is 313 Å². The van der Waals surface area contributed by atoms with Gasteiger partial charge in [0, 0.05) is 53.6 Å². The number of carboxylic acids is 1. The van der Waals surface area contributed by atoms with Crippen LogP contribution in [0.2, 0.25) is 0 Å². The Morgan fingerprint density at radius 3 is 2.46 bits per heavy atom. The first kappa shape index (κ1) is 36.7. The summed E-state index contributed by atoms with van der Waals surface area (Å²) in [6.07, 6.45) is 10.4. The summed E-state index contributed by atoms with van der Waals surface area (Å²) < 4.78 is 8.97. The van der Waals surface area contributed by atoms with Gasteiger partial charge in [-0.1, -0.05) is 13.8 Å². The van der Waals surface area contributed by atoms with E-state index in [4.69, 9.17) is 27.0 Å². The summed E-state index contributed by atoms with van der Waals surface area (Å²) in [5, 5.41) is 31.3. The average Bonchev–Trinajstić information content (AvgIpc) is 3.38. The number of aromatic nitrogens is 5. The van der Waals surface area contributed by atoms with E-state index in [1.54, 1.807) is 0 Å². The first-order valence-corrected chi connectivity index (χ1v) is 19.2. The molecule has 4 aliphatic carbocycles. The van der Waals surface area contributed by atoms with Crippen LogP contribution in [0.3, 0.4) is 0 Å². The Kier molecular flexibility index (Phi) is 9.39. The number of hydrogen-bond acceptors (Lipinski definition) is 9. The monoisotopic (exact) mass is 729 g/mol. The molecule has 3 aromatic heterocycles. The van der Waals surface area contributed by atoms with E-state index in [2.05, 4.69) is 65.3 Å². The molecule has 0 spiro atoms. The fourth-order valence-electron chi connectivity index (χ4n) is 11.1. The van der Waals surface area contributed by atoms with Gasteiger partial charge in [0.1, 0.15) is 5.82 Å². The van der Waals surface area contributed by atoms with Crippen LogP contribution < -0.4 is 15.5 Å². The van der Waals surface area contributed by atoms with Crippen LogP contribution in [0.1, 0.15) is 99.9 Å². The molecular weight excluding hydrogens is 675 g/mol. The van der Waals surface area contributed by atoms with Crippen molar-refractivity contribution in [2.24, 2.45) is 16.2 Å². The number of likely N-dealkylation sites (N-methyl/N-ethyl adjacent to an activating group) is 1. The quantitative estimate of drug-likeness (QED) is 0.186. The number of nitrogens with one attached hydrogen (secondary N) is 2. The normalized spacial score (nSPS) is 27.7. The minimum Gasteiger partial charge on any atom is -0.476 e. The Morgan fingerprint density at radius 1 is 1.06 bits per heavy atom. The molecule has 0 aromatic carbocycles. The minimum atomic E-state index is -1.08. The predicted molar refractivity (Wildman–Crippen MR) is 207 cm³/mol. The number of ether oxygens (including phenoxy) is 1. The lowest BCUT2D eigenvalue weighted by Crippen LogP contribution is -2.64. The number of aromatic carboxylic acids is 1. The molecule has 12 nitrogen and oxygen atoms in total. The van der Waals surface area contributed by atoms with Gasteiger partial charge in [-0.15, -0.1) is 10.2 Å². The maximum absolute atomic E-state index is 12.8. The van der Waals surface area contributed by atoms with Gasteiger partial charge in [-0.25, -0.2) is 9.78 Å². The van der Waals surface area contributed by atoms with Gasteiger partial charge in [-0.05, 0) is 134 Å². The van der Waals surface area contributed by atoms with Crippen molar-refractivity contribution in [1.82, 2.24) is 35.2 Å². The molecule has 0 amide bonds. The van der Waals surface area contributed by atoms with Crippen molar-refractivity contribution < 1.29 is 14.6 Å². The van der Waals surface area contributed by atoms with E-state index in [9.17, 15) is 9.90 Å². The first-order chi connectivity index (χ1) is 24.5. The van der Waals surface area contributed by atoms with Crippen molar-refractivity contribution in [3.63, 3.8) is 0 Å². The van der Waals surface area contributed by atoms with Crippen LogP contribution in [0.5, 0.6) is 0 Å². The van der Waals surface area contributed by atoms with Gasteiger partial charge in [0.05, 0.1) is 18.4 Å². The third-order valence-corrected chi connectivity index (χ3v) is 12.1. The Hall–Kier alpha value is -3.68. The van der Waals surface area contributed by atoms with Crippen LogP contribution in [0.25, 0.3) is 11.1 Å². The Morgan fingerprint density at radius 2 is 1.79 bits per heavy atom. The number of rotatable bonds is 11. The van der Waals surface area contributed by atoms with Crippen LogP contribution >= 0.6 is 12.2 Å². The summed E-state index contributed by atoms with van der Waals surface area (Å²) in [5.74, 6) is 0.768. The Balaban J connectivity index is 1.16. The third-order valence-electron chi connectivity index (χ3n) is 11.9. The topological polar surface area (TPSA) is 134 Å². The molecule has 4 atom stereocenters. The molecule has 0 saturated heterocycles. The summed E-state index contributed by atoms with van der Waals surface area (Å²) in [6, 6.07) is 3.96. The van der Waals surface area contributed by atoms with Gasteiger partial charge in [-0.3, -0.25) is 4.68 Å². The number of nitrogens with zero attached hydrogens (tertiary/aromatic N) is 7. The van der Waals surface area contributed by atoms with E-state index in [0.29, 0.717) is 34.7 Å². The summed E-state index contributed by atoms with van der Waals surface area (Å²) in [5.41, 5.74) is 4.81. The van der Waals surface area contributed by atoms with E-state index in [-0.39, 0.29) is 33.6 Å². The summed E-state index contributed by atoms with van der Waals surface area (Å²) in [4.78, 5) is 21.8. The number of fused-ring (bicyclic) bond motifs is 1. The summed E-state index contributed by atoms with van der Waals surface area (Å²) >= 11 is 5.45. The first-order valence-electron chi connectivity index (χ1n) is 18.8. The summed E-state index contributed by atoms with van der Waals surface area (Å²) in [6.45, 7) is 16.2. The molecular formula is C39H55N9O3S. The van der Waals surface area contributed by atoms with E-state index >= 15 is 0 Å². The molecule has 8 rings (SSSR count). The van der Waals surface area contributed by atoms with E-state index in [1.165, 1.54) is 19.3 Å². The highest BCUT2D eigenvalue weighted by molar-refractivity contribution is 7.80. The zero-order valence-electron chi connectivity index (χ0n) is 32.1. The summed E-state index contributed by atoms with van der Waals surface area (Å²) in [7, 11) is 4.20. The van der Waals surface area contributed by atoms with Gasteiger partial charge in [0.15, 0.2) is 22.4 Å². The van der Waals surface area contributed by atoms with Crippen LogP contribution in [0, 0.1) is 30.1 Å². The zero-order valence-corrected chi connectivity index (χ0v) is 32.9. The van der Waals surface area contributed by atoms with Gasteiger partial charge in [-0.2, -0.15) is 5.10 Å². The minimum absolute atomic E-state index is 0.00317. The molecule has 13 heteroatoms. The highest BCUT2D eigenvalue weighted by atomic mass is 32.1. The maximum atomic E-state index is 12.8. The Bertz CT molecular complexity index is 1870. The van der Waals surface area contributed by atoms with Crippen molar-refractivity contribution in [1.29, 1.82) is 0 Å². The molecule has 3 aromatic rings. The SMILES string of the molecule is Cc1c(NC(=S)NC(C)C)nnc2c1CCCN2c1ccc(-c2cnn(CC34CC5(OCCN(C)C)C[C@](C)(C3)C[C@](C)(C4)C5)c2C)c(C(=O)O)n1. The second kappa shape index (κ2) is 13.3. The van der Waals surface area contributed by atoms with Crippen LogP contribution in [-0.4, -0.2) is 91.5 Å². The molecule has 4 heterocycles. The van der Waals surface area contributed by atoms with Gasteiger partial charge < -0.3 is 30.3 Å². The third kappa shape index (κ3) is 6.91. The molecule has 52 heavy (non-hydrogen) atoms. The van der Waals surface area contributed by atoms with Crippen molar-refractivity contribution in [2.45, 2.75) is 111 Å². The lowest BCUT2D eigenvalue weighted by molar-refractivity contribution is -0.248. The number of anilines is 3. The number of thiocarbonyl (C=S) groups is 1. The van der Waals surface area contributed by atoms with E-state index in [0.717, 1.165) is 74.2 Å². The lowest BCUT2D eigenvalue weighted by atomic mass is 9.39. The molecule has 1 aliphatic heterocycles.